The zero-order valence-electron chi connectivity index (χ0n) is 12.3. The third-order valence-electron chi connectivity index (χ3n) is 3.66. The fraction of sp³-hybridized carbons (Fsp3) is 0.188. The molecule has 1 amide bonds. The largest absolute Gasteiger partial charge is 0.493 e. The van der Waals surface area contributed by atoms with E-state index in [0.29, 0.717) is 18.7 Å². The lowest BCUT2D eigenvalue weighted by Crippen LogP contribution is -2.23. The molecule has 0 saturated heterocycles. The van der Waals surface area contributed by atoms with Gasteiger partial charge in [0.2, 0.25) is 10.0 Å². The van der Waals surface area contributed by atoms with E-state index in [4.69, 9.17) is 9.88 Å². The van der Waals surface area contributed by atoms with Crippen LogP contribution in [0.1, 0.15) is 21.5 Å². The monoisotopic (exact) mass is 332 g/mol. The molecule has 7 heteroatoms. The van der Waals surface area contributed by atoms with Gasteiger partial charge in [-0.2, -0.15) is 0 Å². The molecule has 3 N–H and O–H groups in total. The van der Waals surface area contributed by atoms with Crippen LogP contribution in [-0.2, 0) is 23.0 Å². The van der Waals surface area contributed by atoms with Crippen LogP contribution in [0.15, 0.2) is 47.4 Å². The molecular formula is C16H16N2O4S. The van der Waals surface area contributed by atoms with Crippen molar-refractivity contribution in [2.24, 2.45) is 5.14 Å². The van der Waals surface area contributed by atoms with Crippen molar-refractivity contribution in [3.05, 3.63) is 59.2 Å². The topological polar surface area (TPSA) is 98.5 Å². The van der Waals surface area contributed by atoms with Crippen molar-refractivity contribution in [1.29, 1.82) is 0 Å². The molecule has 0 aromatic heterocycles. The van der Waals surface area contributed by atoms with Gasteiger partial charge in [-0.3, -0.25) is 4.79 Å². The Hall–Kier alpha value is -2.38. The number of nitrogens with one attached hydrogen (secondary N) is 1. The smallest absolute Gasteiger partial charge is 0.251 e. The minimum atomic E-state index is -3.70. The van der Waals surface area contributed by atoms with Crippen LogP contribution >= 0.6 is 0 Å². The first-order valence-electron chi connectivity index (χ1n) is 7.09. The number of nitrogens with two attached hydrogens (primary N) is 1. The summed E-state index contributed by atoms with van der Waals surface area (Å²) in [5.41, 5.74) is 2.40. The van der Waals surface area contributed by atoms with Gasteiger partial charge >= 0.3 is 0 Å². The van der Waals surface area contributed by atoms with E-state index in [0.717, 1.165) is 23.3 Å². The van der Waals surface area contributed by atoms with Crippen molar-refractivity contribution < 1.29 is 17.9 Å². The number of rotatable bonds is 4. The van der Waals surface area contributed by atoms with Crippen LogP contribution in [0.4, 0.5) is 0 Å². The first kappa shape index (κ1) is 15.5. The van der Waals surface area contributed by atoms with Crippen LogP contribution in [0.5, 0.6) is 5.75 Å². The Balaban J connectivity index is 1.65. The fourth-order valence-corrected chi connectivity index (χ4v) is 2.92. The number of ether oxygens (including phenoxy) is 1. The molecular weight excluding hydrogens is 316 g/mol. The molecule has 0 radical (unpaired) electrons. The number of benzene rings is 2. The highest BCUT2D eigenvalue weighted by Crippen LogP contribution is 2.25. The van der Waals surface area contributed by atoms with Crippen LogP contribution in [0, 0.1) is 0 Å². The van der Waals surface area contributed by atoms with Gasteiger partial charge in [-0.05, 0) is 41.5 Å². The summed E-state index contributed by atoms with van der Waals surface area (Å²) in [6, 6.07) is 11.4. The lowest BCUT2D eigenvalue weighted by molar-refractivity contribution is 0.0951. The highest BCUT2D eigenvalue weighted by Gasteiger charge is 2.15. The van der Waals surface area contributed by atoms with Gasteiger partial charge in [0.25, 0.3) is 5.91 Å². The maximum absolute atomic E-state index is 12.2. The molecule has 0 unspecified atom stereocenters. The zero-order valence-corrected chi connectivity index (χ0v) is 13.1. The number of sulfonamides is 1. The van der Waals surface area contributed by atoms with Crippen molar-refractivity contribution in [3.8, 4) is 5.75 Å². The third-order valence-corrected chi connectivity index (χ3v) is 4.59. The Morgan fingerprint density at radius 2 is 1.91 bits per heavy atom. The summed E-state index contributed by atoms with van der Waals surface area (Å²) in [5, 5.41) is 7.85. The van der Waals surface area contributed by atoms with E-state index in [1.807, 2.05) is 6.07 Å². The Kier molecular flexibility index (Phi) is 4.06. The van der Waals surface area contributed by atoms with Crippen molar-refractivity contribution >= 4 is 15.9 Å². The minimum absolute atomic E-state index is 0.0474. The Morgan fingerprint density at radius 3 is 2.61 bits per heavy atom. The standard InChI is InChI=1S/C16H16N2O4S/c17-23(20,21)14-4-1-11(2-5-14)10-18-16(19)13-3-6-15-12(9-13)7-8-22-15/h1-6,9H,7-8,10H2,(H,18,19)(H2,17,20,21). The second-order valence-electron chi connectivity index (χ2n) is 5.29. The van der Waals surface area contributed by atoms with Gasteiger partial charge in [0.15, 0.2) is 0 Å². The molecule has 120 valence electrons. The zero-order chi connectivity index (χ0) is 16.4. The van der Waals surface area contributed by atoms with E-state index in [2.05, 4.69) is 5.32 Å². The van der Waals surface area contributed by atoms with Crippen molar-refractivity contribution in [2.45, 2.75) is 17.9 Å². The van der Waals surface area contributed by atoms with E-state index < -0.39 is 10.0 Å². The van der Waals surface area contributed by atoms with Gasteiger partial charge in [0.05, 0.1) is 11.5 Å². The molecule has 2 aromatic rings. The molecule has 0 fully saturated rings. The maximum atomic E-state index is 12.2. The Labute approximate surface area is 134 Å². The van der Waals surface area contributed by atoms with Crippen LogP contribution in [-0.4, -0.2) is 20.9 Å². The first-order valence-corrected chi connectivity index (χ1v) is 8.64. The van der Waals surface area contributed by atoms with Crippen LogP contribution in [0.2, 0.25) is 0 Å². The average Bonchev–Trinajstić information content (AvgIpc) is 2.99. The van der Waals surface area contributed by atoms with Gasteiger partial charge in [-0.25, -0.2) is 13.6 Å². The van der Waals surface area contributed by atoms with Gasteiger partial charge in [0.1, 0.15) is 5.75 Å². The van der Waals surface area contributed by atoms with Crippen molar-refractivity contribution in [1.82, 2.24) is 5.32 Å². The van der Waals surface area contributed by atoms with Crippen LogP contribution in [0.3, 0.4) is 0 Å². The second-order valence-corrected chi connectivity index (χ2v) is 6.85. The van der Waals surface area contributed by atoms with E-state index in [1.54, 1.807) is 24.3 Å². The summed E-state index contributed by atoms with van der Waals surface area (Å²) in [7, 11) is -3.70. The molecule has 1 heterocycles. The van der Waals surface area contributed by atoms with Crippen LogP contribution in [0.25, 0.3) is 0 Å². The first-order chi connectivity index (χ1) is 10.9. The summed E-state index contributed by atoms with van der Waals surface area (Å²) in [4.78, 5) is 12.2. The lowest BCUT2D eigenvalue weighted by Gasteiger charge is -2.07. The van der Waals surface area contributed by atoms with Crippen LogP contribution < -0.4 is 15.2 Å². The van der Waals surface area contributed by atoms with Gasteiger partial charge in [0, 0.05) is 18.5 Å². The minimum Gasteiger partial charge on any atom is -0.493 e. The highest BCUT2D eigenvalue weighted by atomic mass is 32.2. The molecule has 2 aromatic carbocycles. The van der Waals surface area contributed by atoms with Crippen molar-refractivity contribution in [3.63, 3.8) is 0 Å². The van der Waals surface area contributed by atoms with E-state index in [-0.39, 0.29) is 10.8 Å². The molecule has 23 heavy (non-hydrogen) atoms. The molecule has 6 nitrogen and oxygen atoms in total. The van der Waals surface area contributed by atoms with Gasteiger partial charge in [-0.1, -0.05) is 12.1 Å². The fourth-order valence-electron chi connectivity index (χ4n) is 2.41. The quantitative estimate of drug-likeness (QED) is 0.879. The Morgan fingerprint density at radius 1 is 1.17 bits per heavy atom. The molecule has 0 bridgehead atoms. The van der Waals surface area contributed by atoms with E-state index >= 15 is 0 Å². The number of fused-ring (bicyclic) bond motifs is 1. The second kappa shape index (κ2) is 6.02. The number of carbonyl (C=O) groups is 1. The molecule has 0 spiro atoms. The maximum Gasteiger partial charge on any atom is 0.251 e. The van der Waals surface area contributed by atoms with E-state index in [1.165, 1.54) is 12.1 Å². The average molecular weight is 332 g/mol. The third kappa shape index (κ3) is 3.52. The number of primary sulfonamides is 1. The normalized spacial score (nSPS) is 13.3. The number of amides is 1. The molecule has 3 rings (SSSR count). The number of hydrogen-bond acceptors (Lipinski definition) is 4. The summed E-state index contributed by atoms with van der Waals surface area (Å²) < 4.78 is 27.8. The summed E-state index contributed by atoms with van der Waals surface area (Å²) in [6.07, 6.45) is 0.811. The summed E-state index contributed by atoms with van der Waals surface area (Å²) in [6.45, 7) is 0.953. The SMILES string of the molecule is NS(=O)(=O)c1ccc(CNC(=O)c2ccc3c(c2)CCO3)cc1. The molecule has 0 saturated carbocycles. The predicted octanol–water partition coefficient (Wildman–Crippen LogP) is 1.20. The van der Waals surface area contributed by atoms with Gasteiger partial charge < -0.3 is 10.1 Å². The lowest BCUT2D eigenvalue weighted by atomic mass is 10.1. The van der Waals surface area contributed by atoms with Crippen molar-refractivity contribution in [2.75, 3.05) is 6.61 Å². The number of carbonyl (C=O) groups excluding carboxylic acids is 1. The summed E-state index contributed by atoms with van der Waals surface area (Å²) in [5.74, 6) is 0.648. The number of hydrogen-bond donors (Lipinski definition) is 2. The van der Waals surface area contributed by atoms with Gasteiger partial charge in [-0.15, -0.1) is 0 Å². The molecule has 0 aliphatic carbocycles. The molecule has 1 aliphatic rings. The summed E-state index contributed by atoms with van der Waals surface area (Å²) >= 11 is 0. The molecule has 1 aliphatic heterocycles. The van der Waals surface area contributed by atoms with E-state index in [9.17, 15) is 13.2 Å². The Bertz CT molecular complexity index is 845. The predicted molar refractivity (Wildman–Crippen MR) is 84.6 cm³/mol. The highest BCUT2D eigenvalue weighted by molar-refractivity contribution is 7.89. The molecule has 0 atom stereocenters.